The fourth-order valence-electron chi connectivity index (χ4n) is 2.13. The van der Waals surface area contributed by atoms with E-state index in [1.807, 2.05) is 0 Å². The van der Waals surface area contributed by atoms with Crippen molar-refractivity contribution in [1.82, 2.24) is 14.8 Å². The van der Waals surface area contributed by atoms with Crippen LogP contribution in [0.4, 0.5) is 5.69 Å². The monoisotopic (exact) mass is 378 g/mol. The Morgan fingerprint density at radius 2 is 2.00 bits per heavy atom. The van der Waals surface area contributed by atoms with Crippen molar-refractivity contribution in [2.24, 2.45) is 0 Å². The molecule has 0 amide bonds. The van der Waals surface area contributed by atoms with E-state index in [1.165, 1.54) is 18.5 Å². The molecule has 0 aliphatic rings. The van der Waals surface area contributed by atoms with E-state index < -0.39 is 10.0 Å². The molecule has 0 atom stereocenters. The van der Waals surface area contributed by atoms with Gasteiger partial charge in [-0.3, -0.25) is 4.72 Å². The molecule has 0 saturated heterocycles. The van der Waals surface area contributed by atoms with Crippen molar-refractivity contribution >= 4 is 27.3 Å². The minimum atomic E-state index is -3.78. The van der Waals surface area contributed by atoms with Crippen molar-refractivity contribution in [2.75, 3.05) is 11.3 Å². The molecular weight excluding hydrogens is 364 g/mol. The summed E-state index contributed by atoms with van der Waals surface area (Å²) in [5.74, 6) is 0.541. The molecule has 7 nitrogen and oxygen atoms in total. The SMILES string of the molecule is O=S(=O)(Nc1cccc(OCCn2cncn2)c1)c1ccccc1Cl. The highest BCUT2D eigenvalue weighted by Crippen LogP contribution is 2.25. The number of ether oxygens (including phenoxy) is 1. The van der Waals surface area contributed by atoms with Gasteiger partial charge in [0, 0.05) is 6.07 Å². The first-order valence-electron chi connectivity index (χ1n) is 7.37. The van der Waals surface area contributed by atoms with Crippen LogP contribution < -0.4 is 9.46 Å². The van der Waals surface area contributed by atoms with E-state index in [0.717, 1.165) is 0 Å². The second-order valence-electron chi connectivity index (χ2n) is 5.07. The van der Waals surface area contributed by atoms with Crippen molar-refractivity contribution < 1.29 is 13.2 Å². The summed E-state index contributed by atoms with van der Waals surface area (Å²) in [5.41, 5.74) is 0.387. The van der Waals surface area contributed by atoms with Crippen LogP contribution in [0.25, 0.3) is 0 Å². The van der Waals surface area contributed by atoms with Crippen LogP contribution in [0.5, 0.6) is 5.75 Å². The van der Waals surface area contributed by atoms with Gasteiger partial charge in [0.2, 0.25) is 0 Å². The average molecular weight is 379 g/mol. The smallest absolute Gasteiger partial charge is 0.263 e. The Morgan fingerprint density at radius 1 is 1.16 bits per heavy atom. The zero-order valence-corrected chi connectivity index (χ0v) is 14.6. The van der Waals surface area contributed by atoms with Crippen LogP contribution >= 0.6 is 11.6 Å². The Kier molecular flexibility index (Phi) is 5.20. The average Bonchev–Trinajstić information content (AvgIpc) is 3.08. The third-order valence-corrected chi connectivity index (χ3v) is 5.15. The van der Waals surface area contributed by atoms with Crippen molar-refractivity contribution in [2.45, 2.75) is 11.4 Å². The maximum atomic E-state index is 12.4. The third-order valence-electron chi connectivity index (χ3n) is 3.27. The lowest BCUT2D eigenvalue weighted by atomic mass is 10.3. The summed E-state index contributed by atoms with van der Waals surface area (Å²) in [7, 11) is -3.78. The summed E-state index contributed by atoms with van der Waals surface area (Å²) in [4.78, 5) is 3.87. The second kappa shape index (κ2) is 7.54. The molecule has 0 saturated carbocycles. The number of aromatic nitrogens is 3. The third kappa shape index (κ3) is 4.49. The van der Waals surface area contributed by atoms with Crippen LogP contribution in [0.2, 0.25) is 5.02 Å². The number of rotatable bonds is 7. The molecule has 1 N–H and O–H groups in total. The highest BCUT2D eigenvalue weighted by molar-refractivity contribution is 7.92. The quantitative estimate of drug-likeness (QED) is 0.683. The first kappa shape index (κ1) is 17.2. The van der Waals surface area contributed by atoms with Gasteiger partial charge in [0.1, 0.15) is 29.9 Å². The Morgan fingerprint density at radius 3 is 2.76 bits per heavy atom. The minimum Gasteiger partial charge on any atom is -0.492 e. The largest absolute Gasteiger partial charge is 0.492 e. The lowest BCUT2D eigenvalue weighted by Gasteiger charge is -2.11. The molecular formula is C16H15ClN4O3S. The van der Waals surface area contributed by atoms with E-state index in [1.54, 1.807) is 47.4 Å². The molecule has 0 bridgehead atoms. The Balaban J connectivity index is 1.68. The number of nitrogens with one attached hydrogen (secondary N) is 1. The van der Waals surface area contributed by atoms with Crippen LogP contribution in [-0.2, 0) is 16.6 Å². The molecule has 130 valence electrons. The van der Waals surface area contributed by atoms with Crippen LogP contribution in [0, 0.1) is 0 Å². The lowest BCUT2D eigenvalue weighted by molar-refractivity contribution is 0.291. The van der Waals surface area contributed by atoms with Gasteiger partial charge in [-0.05, 0) is 24.3 Å². The summed E-state index contributed by atoms with van der Waals surface area (Å²) in [5, 5.41) is 4.14. The van der Waals surface area contributed by atoms with E-state index in [-0.39, 0.29) is 9.92 Å². The molecule has 25 heavy (non-hydrogen) atoms. The maximum Gasteiger partial charge on any atom is 0.263 e. The predicted molar refractivity (Wildman–Crippen MR) is 94.2 cm³/mol. The molecule has 0 aliphatic heterocycles. The van der Waals surface area contributed by atoms with E-state index >= 15 is 0 Å². The van der Waals surface area contributed by atoms with Crippen LogP contribution in [0.3, 0.4) is 0 Å². The Labute approximate surface area is 150 Å². The first-order chi connectivity index (χ1) is 12.0. The molecule has 0 unspecified atom stereocenters. The number of halogens is 1. The number of benzene rings is 2. The van der Waals surface area contributed by atoms with Gasteiger partial charge in [-0.1, -0.05) is 29.8 Å². The number of anilines is 1. The van der Waals surface area contributed by atoms with Gasteiger partial charge < -0.3 is 4.74 Å². The van der Waals surface area contributed by atoms with E-state index in [0.29, 0.717) is 24.6 Å². The van der Waals surface area contributed by atoms with Crippen LogP contribution in [-0.4, -0.2) is 29.8 Å². The number of hydrogen-bond acceptors (Lipinski definition) is 5. The van der Waals surface area contributed by atoms with Crippen molar-refractivity contribution in [3.63, 3.8) is 0 Å². The summed E-state index contributed by atoms with van der Waals surface area (Å²) in [6.45, 7) is 0.916. The van der Waals surface area contributed by atoms with Gasteiger partial charge >= 0.3 is 0 Å². The van der Waals surface area contributed by atoms with E-state index in [4.69, 9.17) is 16.3 Å². The fourth-order valence-corrected chi connectivity index (χ4v) is 3.70. The van der Waals surface area contributed by atoms with Crippen LogP contribution in [0.1, 0.15) is 0 Å². The molecule has 3 rings (SSSR count). The molecule has 9 heteroatoms. The predicted octanol–water partition coefficient (Wildman–Crippen LogP) is 2.81. The van der Waals surface area contributed by atoms with Crippen molar-refractivity contribution in [3.8, 4) is 5.75 Å². The molecule has 0 fully saturated rings. The standard InChI is InChI=1S/C16H15ClN4O3S/c17-15-6-1-2-7-16(15)25(22,23)20-13-4-3-5-14(10-13)24-9-8-21-12-18-11-19-21/h1-7,10-12,20H,8-9H2. The molecule has 1 aromatic heterocycles. The van der Waals surface area contributed by atoms with Gasteiger partial charge in [-0.15, -0.1) is 0 Å². The molecule has 1 heterocycles. The van der Waals surface area contributed by atoms with E-state index in [9.17, 15) is 8.42 Å². The molecule has 0 radical (unpaired) electrons. The van der Waals surface area contributed by atoms with Crippen molar-refractivity contribution in [3.05, 3.63) is 66.2 Å². The zero-order chi connectivity index (χ0) is 17.7. The van der Waals surface area contributed by atoms with Gasteiger partial charge in [0.05, 0.1) is 17.3 Å². The number of sulfonamides is 1. The maximum absolute atomic E-state index is 12.4. The van der Waals surface area contributed by atoms with E-state index in [2.05, 4.69) is 14.8 Å². The Bertz CT molecular complexity index is 946. The summed E-state index contributed by atoms with van der Waals surface area (Å²) < 4.78 is 34.7. The highest BCUT2D eigenvalue weighted by atomic mass is 35.5. The Hall–Kier alpha value is -2.58. The second-order valence-corrected chi connectivity index (χ2v) is 7.13. The van der Waals surface area contributed by atoms with Gasteiger partial charge in [0.25, 0.3) is 10.0 Å². The molecule has 0 spiro atoms. The molecule has 0 aliphatic carbocycles. The first-order valence-corrected chi connectivity index (χ1v) is 9.23. The minimum absolute atomic E-state index is 0.0224. The summed E-state index contributed by atoms with van der Waals surface area (Å²) in [6.07, 6.45) is 3.04. The number of nitrogens with zero attached hydrogens (tertiary/aromatic N) is 3. The highest BCUT2D eigenvalue weighted by Gasteiger charge is 2.17. The molecule has 2 aromatic carbocycles. The number of hydrogen-bond donors (Lipinski definition) is 1. The zero-order valence-electron chi connectivity index (χ0n) is 13.0. The van der Waals surface area contributed by atoms with Crippen LogP contribution in [0.15, 0.2) is 66.1 Å². The topological polar surface area (TPSA) is 86.1 Å². The summed E-state index contributed by atoms with van der Waals surface area (Å²) >= 11 is 5.97. The van der Waals surface area contributed by atoms with Gasteiger partial charge in [0.15, 0.2) is 0 Å². The fraction of sp³-hybridized carbons (Fsp3) is 0.125. The molecule has 3 aromatic rings. The van der Waals surface area contributed by atoms with Crippen molar-refractivity contribution in [1.29, 1.82) is 0 Å². The normalized spacial score (nSPS) is 11.2. The van der Waals surface area contributed by atoms with Gasteiger partial charge in [-0.2, -0.15) is 5.10 Å². The summed E-state index contributed by atoms with van der Waals surface area (Å²) in [6, 6.07) is 13.0. The van der Waals surface area contributed by atoms with Gasteiger partial charge in [-0.25, -0.2) is 18.1 Å². The lowest BCUT2D eigenvalue weighted by Crippen LogP contribution is -2.13.